The number of allylic oxidation sites excluding steroid dienone is 12. The SMILES string of the molecule is CC/C=C\C/C=C\C/C=C\C/C=C\C/C=C\C/C=C\CCCCCCCCC(=O)NC(COC1OC(CO)C(O)C(O)C1O)C(O)CCCCCCCCCCCC. The van der Waals surface area contributed by atoms with E-state index in [1.165, 1.54) is 51.4 Å². The number of hydrogen-bond donors (Lipinski definition) is 6. The van der Waals surface area contributed by atoms with E-state index in [4.69, 9.17) is 9.47 Å². The molecule has 0 saturated carbocycles. The minimum atomic E-state index is -1.56. The zero-order chi connectivity index (χ0) is 42.3. The molecule has 7 atom stereocenters. The van der Waals surface area contributed by atoms with Crippen molar-refractivity contribution in [2.75, 3.05) is 13.2 Å². The lowest BCUT2D eigenvalue weighted by atomic mass is 9.99. The van der Waals surface area contributed by atoms with Crippen molar-refractivity contribution < 1.29 is 39.8 Å². The number of aliphatic hydroxyl groups excluding tert-OH is 5. The predicted octanol–water partition coefficient (Wildman–Crippen LogP) is 9.78. The maximum Gasteiger partial charge on any atom is 0.220 e. The lowest BCUT2D eigenvalue weighted by molar-refractivity contribution is -0.302. The summed E-state index contributed by atoms with van der Waals surface area (Å²) in [5.41, 5.74) is 0. The summed E-state index contributed by atoms with van der Waals surface area (Å²) in [5, 5.41) is 54.2. The summed E-state index contributed by atoms with van der Waals surface area (Å²) in [7, 11) is 0. The molecule has 0 bridgehead atoms. The number of ether oxygens (including phenoxy) is 2. The van der Waals surface area contributed by atoms with Crippen molar-refractivity contribution in [2.45, 2.75) is 217 Å². The molecule has 0 radical (unpaired) electrons. The largest absolute Gasteiger partial charge is 0.394 e. The number of unbranched alkanes of at least 4 members (excludes halogenated alkanes) is 15. The van der Waals surface area contributed by atoms with Crippen molar-refractivity contribution in [3.63, 3.8) is 0 Å². The van der Waals surface area contributed by atoms with Crippen molar-refractivity contribution >= 4 is 5.91 Å². The molecule has 6 N–H and O–H groups in total. The highest BCUT2D eigenvalue weighted by molar-refractivity contribution is 5.76. The van der Waals surface area contributed by atoms with Gasteiger partial charge in [0.05, 0.1) is 25.4 Å². The van der Waals surface area contributed by atoms with Gasteiger partial charge in [-0.05, 0) is 64.2 Å². The number of nitrogens with one attached hydrogen (secondary N) is 1. The fraction of sp³-hybridized carbons (Fsp3) is 0.735. The lowest BCUT2D eigenvalue weighted by Crippen LogP contribution is -2.60. The van der Waals surface area contributed by atoms with Gasteiger partial charge in [0, 0.05) is 6.42 Å². The molecule has 334 valence electrons. The van der Waals surface area contributed by atoms with E-state index in [1.54, 1.807) is 0 Å². The van der Waals surface area contributed by atoms with E-state index in [2.05, 4.69) is 92.1 Å². The summed E-state index contributed by atoms with van der Waals surface area (Å²) in [5.74, 6) is -0.165. The lowest BCUT2D eigenvalue weighted by Gasteiger charge is -2.40. The summed E-state index contributed by atoms with van der Waals surface area (Å²) in [6.07, 6.45) is 44.8. The van der Waals surface area contributed by atoms with E-state index >= 15 is 0 Å². The summed E-state index contributed by atoms with van der Waals surface area (Å²) in [6.45, 7) is 3.67. The quantitative estimate of drug-likeness (QED) is 0.0268. The number of aliphatic hydroxyl groups is 5. The summed E-state index contributed by atoms with van der Waals surface area (Å²) < 4.78 is 11.2. The minimum Gasteiger partial charge on any atom is -0.394 e. The van der Waals surface area contributed by atoms with Gasteiger partial charge in [-0.25, -0.2) is 0 Å². The molecule has 0 aromatic carbocycles. The van der Waals surface area contributed by atoms with Crippen molar-refractivity contribution in [1.82, 2.24) is 5.32 Å². The third-order valence-corrected chi connectivity index (χ3v) is 10.6. The fourth-order valence-corrected chi connectivity index (χ4v) is 6.87. The first-order valence-electron chi connectivity index (χ1n) is 23.1. The number of carbonyl (C=O) groups is 1. The Morgan fingerprint density at radius 1 is 0.603 bits per heavy atom. The molecule has 1 rings (SSSR count). The van der Waals surface area contributed by atoms with Gasteiger partial charge in [0.15, 0.2) is 6.29 Å². The molecule has 1 fully saturated rings. The van der Waals surface area contributed by atoms with E-state index in [0.29, 0.717) is 12.8 Å². The van der Waals surface area contributed by atoms with Crippen LogP contribution in [0.25, 0.3) is 0 Å². The van der Waals surface area contributed by atoms with E-state index in [0.717, 1.165) is 96.3 Å². The molecular formula is C49H85NO8. The molecular weight excluding hydrogens is 731 g/mol. The van der Waals surface area contributed by atoms with Crippen LogP contribution in [0.1, 0.15) is 174 Å². The second kappa shape index (κ2) is 38.8. The van der Waals surface area contributed by atoms with Gasteiger partial charge < -0.3 is 40.3 Å². The Labute approximate surface area is 353 Å². The number of hydrogen-bond acceptors (Lipinski definition) is 8. The molecule has 1 aliphatic heterocycles. The molecule has 0 aliphatic carbocycles. The fourth-order valence-electron chi connectivity index (χ4n) is 6.87. The number of rotatable bonds is 37. The summed E-state index contributed by atoms with van der Waals surface area (Å²) in [6, 6.07) is -0.729. The highest BCUT2D eigenvalue weighted by Gasteiger charge is 2.44. The maximum absolute atomic E-state index is 13.0. The van der Waals surface area contributed by atoms with Gasteiger partial charge in [-0.3, -0.25) is 4.79 Å². The van der Waals surface area contributed by atoms with Crippen molar-refractivity contribution in [2.24, 2.45) is 0 Å². The molecule has 1 aliphatic rings. The van der Waals surface area contributed by atoms with Crippen molar-refractivity contribution in [3.05, 3.63) is 72.9 Å². The normalized spacial score (nSPS) is 21.5. The molecule has 0 aromatic heterocycles. The predicted molar refractivity (Wildman–Crippen MR) is 239 cm³/mol. The van der Waals surface area contributed by atoms with Crippen LogP contribution in [0.3, 0.4) is 0 Å². The van der Waals surface area contributed by atoms with E-state index < -0.39 is 49.5 Å². The molecule has 0 spiro atoms. The highest BCUT2D eigenvalue weighted by atomic mass is 16.7. The highest BCUT2D eigenvalue weighted by Crippen LogP contribution is 2.23. The number of carbonyl (C=O) groups excluding carboxylic acids is 1. The first-order chi connectivity index (χ1) is 28.3. The maximum atomic E-state index is 13.0. The number of amides is 1. The Kier molecular flexibility index (Phi) is 35.9. The topological polar surface area (TPSA) is 149 Å². The third kappa shape index (κ3) is 29.0. The van der Waals surface area contributed by atoms with Crippen LogP contribution < -0.4 is 5.32 Å². The standard InChI is InChI=1S/C49H85NO8/c1-3-5-7-9-11-13-15-16-17-18-19-20-21-22-23-24-25-26-27-28-29-31-33-35-37-39-45(53)50-42(41-57-49-48(56)47(55)46(54)44(40-51)58-49)43(52)38-36-34-32-30-14-12-10-8-6-4-2/h5,7,11,13,16-17,19-20,22-23,25-26,42-44,46-49,51-52,54-56H,3-4,6,8-10,12,14-15,18,21,24,27-41H2,1-2H3,(H,50,53)/b7-5-,13-11-,17-16-,20-19-,23-22-,26-25-. The Hall–Kier alpha value is -2.37. The molecule has 1 saturated heterocycles. The van der Waals surface area contributed by atoms with Gasteiger partial charge in [-0.15, -0.1) is 0 Å². The minimum absolute atomic E-state index is 0.149. The van der Waals surface area contributed by atoms with Crippen LogP contribution in [0.5, 0.6) is 0 Å². The van der Waals surface area contributed by atoms with Crippen LogP contribution in [-0.4, -0.2) is 87.5 Å². The molecule has 9 heteroatoms. The summed E-state index contributed by atoms with van der Waals surface area (Å²) >= 11 is 0. The zero-order valence-electron chi connectivity index (χ0n) is 36.5. The van der Waals surface area contributed by atoms with E-state index in [1.807, 2.05) is 0 Å². The van der Waals surface area contributed by atoms with E-state index in [9.17, 15) is 30.3 Å². The van der Waals surface area contributed by atoms with Crippen molar-refractivity contribution in [1.29, 1.82) is 0 Å². The van der Waals surface area contributed by atoms with Crippen LogP contribution in [0, 0.1) is 0 Å². The van der Waals surface area contributed by atoms with Crippen LogP contribution in [0.4, 0.5) is 0 Å². The Balaban J connectivity index is 2.28. The Morgan fingerprint density at radius 2 is 1.07 bits per heavy atom. The van der Waals surface area contributed by atoms with Gasteiger partial charge >= 0.3 is 0 Å². The first kappa shape index (κ1) is 53.6. The third-order valence-electron chi connectivity index (χ3n) is 10.6. The first-order valence-corrected chi connectivity index (χ1v) is 23.1. The van der Waals surface area contributed by atoms with E-state index in [-0.39, 0.29) is 12.5 Å². The van der Waals surface area contributed by atoms with Crippen LogP contribution in [0.15, 0.2) is 72.9 Å². The van der Waals surface area contributed by atoms with Crippen molar-refractivity contribution in [3.8, 4) is 0 Å². The van der Waals surface area contributed by atoms with Gasteiger partial charge in [0.2, 0.25) is 5.91 Å². The Bertz CT molecular complexity index is 1130. The zero-order valence-corrected chi connectivity index (χ0v) is 36.5. The summed E-state index contributed by atoms with van der Waals surface area (Å²) in [4.78, 5) is 13.0. The molecule has 7 unspecified atom stereocenters. The molecule has 1 heterocycles. The van der Waals surface area contributed by atoms with Crippen LogP contribution in [0.2, 0.25) is 0 Å². The molecule has 58 heavy (non-hydrogen) atoms. The average Bonchev–Trinajstić information content (AvgIpc) is 3.22. The molecule has 1 amide bonds. The van der Waals surface area contributed by atoms with Gasteiger partial charge in [0.25, 0.3) is 0 Å². The van der Waals surface area contributed by atoms with Crippen LogP contribution in [-0.2, 0) is 14.3 Å². The average molecular weight is 816 g/mol. The molecule has 9 nitrogen and oxygen atoms in total. The van der Waals surface area contributed by atoms with Gasteiger partial charge in [-0.2, -0.15) is 0 Å². The smallest absolute Gasteiger partial charge is 0.220 e. The molecule has 0 aromatic rings. The van der Waals surface area contributed by atoms with Gasteiger partial charge in [-0.1, -0.05) is 177 Å². The van der Waals surface area contributed by atoms with Crippen LogP contribution >= 0.6 is 0 Å². The second-order valence-electron chi connectivity index (χ2n) is 15.8. The Morgan fingerprint density at radius 3 is 1.59 bits per heavy atom. The van der Waals surface area contributed by atoms with Gasteiger partial charge in [0.1, 0.15) is 24.4 Å². The second-order valence-corrected chi connectivity index (χ2v) is 15.8. The monoisotopic (exact) mass is 816 g/mol.